The van der Waals surface area contributed by atoms with Gasteiger partial charge < -0.3 is 0 Å². The summed E-state index contributed by atoms with van der Waals surface area (Å²) in [6.07, 6.45) is 6.28. The number of amides is 1. The lowest BCUT2D eigenvalue weighted by Gasteiger charge is -2.31. The maximum absolute atomic E-state index is 12.2. The number of nitrogens with one attached hydrogen (secondary N) is 2. The van der Waals surface area contributed by atoms with Gasteiger partial charge in [0, 0.05) is 22.9 Å². The zero-order valence-electron chi connectivity index (χ0n) is 13.8. The van der Waals surface area contributed by atoms with Crippen molar-refractivity contribution in [3.05, 3.63) is 59.5 Å². The van der Waals surface area contributed by atoms with Crippen LogP contribution in [-0.2, 0) is 10.0 Å². The number of hydrogen-bond donors (Lipinski definition) is 2. The summed E-state index contributed by atoms with van der Waals surface area (Å²) >= 11 is 1.15. The number of allylic oxidation sites excluding steroid dienone is 2. The molecule has 1 amide bonds. The van der Waals surface area contributed by atoms with E-state index in [4.69, 9.17) is 0 Å². The van der Waals surface area contributed by atoms with Crippen LogP contribution in [0, 0.1) is 11.8 Å². The van der Waals surface area contributed by atoms with Crippen LogP contribution in [0.5, 0.6) is 0 Å². The highest BCUT2D eigenvalue weighted by molar-refractivity contribution is 7.94. The van der Waals surface area contributed by atoms with Crippen LogP contribution in [0.25, 0.3) is 0 Å². The SMILES string of the molecule is O=C(N/N=C1/C[C@H]2C=CC[C@H]12)c1ccc(NS(=O)(=O)c2cccs2)cc1. The van der Waals surface area contributed by atoms with Crippen molar-refractivity contribution in [3.63, 3.8) is 0 Å². The fraction of sp³-hybridized carbons (Fsp3) is 0.222. The topological polar surface area (TPSA) is 87.6 Å². The normalized spacial score (nSPS) is 22.7. The molecular weight excluding hydrogens is 370 g/mol. The first-order valence-corrected chi connectivity index (χ1v) is 10.6. The maximum atomic E-state index is 12.2. The van der Waals surface area contributed by atoms with E-state index in [2.05, 4.69) is 27.4 Å². The summed E-state index contributed by atoms with van der Waals surface area (Å²) in [6.45, 7) is 0. The molecule has 1 fully saturated rings. The van der Waals surface area contributed by atoms with Crippen LogP contribution in [0.3, 0.4) is 0 Å². The van der Waals surface area contributed by atoms with Crippen LogP contribution in [0.2, 0.25) is 0 Å². The molecule has 134 valence electrons. The first-order chi connectivity index (χ1) is 12.5. The largest absolute Gasteiger partial charge is 0.279 e. The molecule has 2 aromatic rings. The van der Waals surface area contributed by atoms with Gasteiger partial charge in [-0.2, -0.15) is 5.10 Å². The Bertz CT molecular complexity index is 977. The Morgan fingerprint density at radius 1 is 1.19 bits per heavy atom. The van der Waals surface area contributed by atoms with Gasteiger partial charge in [-0.3, -0.25) is 9.52 Å². The summed E-state index contributed by atoms with van der Waals surface area (Å²) in [7, 11) is -3.59. The Morgan fingerprint density at radius 2 is 2.00 bits per heavy atom. The van der Waals surface area contributed by atoms with E-state index in [1.165, 1.54) is 0 Å². The predicted octanol–water partition coefficient (Wildman–Crippen LogP) is 3.23. The maximum Gasteiger partial charge on any atom is 0.271 e. The molecule has 2 aliphatic rings. The number of hydrazone groups is 1. The summed E-state index contributed by atoms with van der Waals surface area (Å²) < 4.78 is 27.1. The summed E-state index contributed by atoms with van der Waals surface area (Å²) in [6, 6.07) is 9.49. The summed E-state index contributed by atoms with van der Waals surface area (Å²) in [5.41, 5.74) is 4.45. The molecule has 1 aromatic carbocycles. The van der Waals surface area contributed by atoms with E-state index in [-0.39, 0.29) is 10.1 Å². The number of rotatable bonds is 5. The van der Waals surface area contributed by atoms with Gasteiger partial charge >= 0.3 is 0 Å². The Balaban J connectivity index is 1.38. The lowest BCUT2D eigenvalue weighted by atomic mass is 9.74. The van der Waals surface area contributed by atoms with Gasteiger partial charge in [0.15, 0.2) is 0 Å². The summed E-state index contributed by atoms with van der Waals surface area (Å²) in [5, 5.41) is 5.93. The third-order valence-electron chi connectivity index (χ3n) is 4.62. The van der Waals surface area contributed by atoms with Crippen molar-refractivity contribution in [2.75, 3.05) is 4.72 Å². The average molecular weight is 387 g/mol. The lowest BCUT2D eigenvalue weighted by Crippen LogP contribution is -2.35. The Labute approximate surface area is 155 Å². The van der Waals surface area contributed by atoms with Crippen molar-refractivity contribution >= 4 is 38.7 Å². The molecule has 1 saturated carbocycles. The number of carbonyl (C=O) groups excluding carboxylic acids is 1. The molecule has 4 rings (SSSR count). The zero-order chi connectivity index (χ0) is 18.1. The van der Waals surface area contributed by atoms with Crippen LogP contribution < -0.4 is 10.1 Å². The lowest BCUT2D eigenvalue weighted by molar-refractivity contribution is 0.0954. The number of nitrogens with zero attached hydrogens (tertiary/aromatic N) is 1. The number of sulfonamides is 1. The number of anilines is 1. The fourth-order valence-electron chi connectivity index (χ4n) is 3.16. The standard InChI is InChI=1S/C18H17N3O3S2/c22-18(20-19-16-11-13-3-1-4-15(13)16)12-6-8-14(9-7-12)21-26(23,24)17-5-2-10-25-17/h1-3,5-10,13,15,21H,4,11H2,(H,20,22)/b19-16-/t13-,15+/m1/s1. The van der Waals surface area contributed by atoms with E-state index >= 15 is 0 Å². The molecule has 0 bridgehead atoms. The third kappa shape index (κ3) is 3.30. The molecule has 0 radical (unpaired) electrons. The van der Waals surface area contributed by atoms with E-state index in [0.717, 1.165) is 29.9 Å². The van der Waals surface area contributed by atoms with Crippen LogP contribution in [0.4, 0.5) is 5.69 Å². The molecule has 2 aliphatic carbocycles. The van der Waals surface area contributed by atoms with Crippen molar-refractivity contribution in [1.29, 1.82) is 0 Å². The smallest absolute Gasteiger partial charge is 0.271 e. The van der Waals surface area contributed by atoms with Gasteiger partial charge in [0.2, 0.25) is 0 Å². The second kappa shape index (κ2) is 6.69. The molecule has 8 heteroatoms. The first kappa shape index (κ1) is 17.0. The molecular formula is C18H17N3O3S2. The fourth-order valence-corrected chi connectivity index (χ4v) is 5.21. The van der Waals surface area contributed by atoms with E-state index in [1.807, 2.05) is 0 Å². The van der Waals surface area contributed by atoms with E-state index in [0.29, 0.717) is 23.1 Å². The highest BCUT2D eigenvalue weighted by Gasteiger charge is 2.38. The summed E-state index contributed by atoms with van der Waals surface area (Å²) in [5.74, 6) is 0.727. The molecule has 0 unspecified atom stereocenters. The van der Waals surface area contributed by atoms with Gasteiger partial charge in [0.25, 0.3) is 15.9 Å². The van der Waals surface area contributed by atoms with Crippen molar-refractivity contribution in [2.24, 2.45) is 16.9 Å². The Kier molecular flexibility index (Phi) is 4.37. The highest BCUT2D eigenvalue weighted by Crippen LogP contribution is 2.40. The molecule has 0 spiro atoms. The average Bonchev–Trinajstić information content (AvgIpc) is 3.26. The van der Waals surface area contributed by atoms with Gasteiger partial charge in [0.1, 0.15) is 4.21 Å². The van der Waals surface area contributed by atoms with Crippen LogP contribution >= 0.6 is 11.3 Å². The number of benzene rings is 1. The van der Waals surface area contributed by atoms with Crippen LogP contribution in [-0.4, -0.2) is 20.0 Å². The number of carbonyl (C=O) groups is 1. The Hall–Kier alpha value is -2.45. The van der Waals surface area contributed by atoms with Gasteiger partial charge in [-0.25, -0.2) is 13.8 Å². The molecule has 1 heterocycles. The second-order valence-electron chi connectivity index (χ2n) is 6.30. The predicted molar refractivity (Wildman–Crippen MR) is 102 cm³/mol. The number of fused-ring (bicyclic) bond motifs is 1. The van der Waals surface area contributed by atoms with Crippen molar-refractivity contribution in [1.82, 2.24) is 5.43 Å². The quantitative estimate of drug-likeness (QED) is 0.610. The number of hydrogen-bond acceptors (Lipinski definition) is 5. The molecule has 0 aliphatic heterocycles. The second-order valence-corrected chi connectivity index (χ2v) is 9.15. The van der Waals surface area contributed by atoms with Gasteiger partial charge in [-0.1, -0.05) is 18.2 Å². The van der Waals surface area contributed by atoms with E-state index < -0.39 is 10.0 Å². The highest BCUT2D eigenvalue weighted by atomic mass is 32.2. The van der Waals surface area contributed by atoms with Crippen molar-refractivity contribution in [2.45, 2.75) is 17.1 Å². The van der Waals surface area contributed by atoms with Crippen LogP contribution in [0.15, 0.2) is 63.2 Å². The molecule has 0 saturated heterocycles. The van der Waals surface area contributed by atoms with Crippen molar-refractivity contribution < 1.29 is 13.2 Å². The molecule has 1 aromatic heterocycles. The number of thiophene rings is 1. The third-order valence-corrected chi connectivity index (χ3v) is 7.40. The Morgan fingerprint density at radius 3 is 2.69 bits per heavy atom. The minimum Gasteiger partial charge on any atom is -0.279 e. The molecule has 2 N–H and O–H groups in total. The van der Waals surface area contributed by atoms with E-state index in [1.54, 1.807) is 41.8 Å². The van der Waals surface area contributed by atoms with E-state index in [9.17, 15) is 13.2 Å². The van der Waals surface area contributed by atoms with Gasteiger partial charge in [-0.15, -0.1) is 11.3 Å². The zero-order valence-corrected chi connectivity index (χ0v) is 15.4. The minimum atomic E-state index is -3.59. The summed E-state index contributed by atoms with van der Waals surface area (Å²) in [4.78, 5) is 12.2. The molecule has 26 heavy (non-hydrogen) atoms. The minimum absolute atomic E-state index is 0.246. The van der Waals surface area contributed by atoms with Gasteiger partial charge in [0.05, 0.1) is 0 Å². The first-order valence-electron chi connectivity index (χ1n) is 8.23. The van der Waals surface area contributed by atoms with Gasteiger partial charge in [-0.05, 0) is 54.5 Å². The van der Waals surface area contributed by atoms with Crippen LogP contribution in [0.1, 0.15) is 23.2 Å². The molecule has 6 nitrogen and oxygen atoms in total. The monoisotopic (exact) mass is 387 g/mol. The molecule has 2 atom stereocenters. The van der Waals surface area contributed by atoms with Crippen molar-refractivity contribution in [3.8, 4) is 0 Å².